The molecule has 0 aliphatic carbocycles. The summed E-state index contributed by atoms with van der Waals surface area (Å²) in [6.45, 7) is 2.19. The van der Waals surface area contributed by atoms with Crippen LogP contribution in [0.1, 0.15) is 31.7 Å². The van der Waals surface area contributed by atoms with Gasteiger partial charge in [-0.15, -0.1) is 0 Å². The number of methoxy groups -OCH3 is 1. The van der Waals surface area contributed by atoms with Crippen molar-refractivity contribution in [3.63, 3.8) is 0 Å². The Labute approximate surface area is 101 Å². The number of benzene rings is 1. The smallest absolute Gasteiger partial charge is 0.169 e. The molecule has 1 unspecified atom stereocenters. The van der Waals surface area contributed by atoms with Crippen LogP contribution in [0.2, 0.25) is 0 Å². The highest BCUT2D eigenvalue weighted by Gasteiger charge is 2.06. The van der Waals surface area contributed by atoms with Gasteiger partial charge in [-0.25, -0.2) is 0 Å². The van der Waals surface area contributed by atoms with Crippen LogP contribution in [-0.2, 0) is 15.2 Å². The summed E-state index contributed by atoms with van der Waals surface area (Å²) in [7, 11) is 1.24. The summed E-state index contributed by atoms with van der Waals surface area (Å²) in [5, 5.41) is 0. The Morgan fingerprint density at radius 1 is 1.25 bits per heavy atom. The lowest BCUT2D eigenvalue weighted by molar-refractivity contribution is -0.0585. The molecular formula is C13H22O2Si. The van der Waals surface area contributed by atoms with Gasteiger partial charge in [-0.3, -0.25) is 0 Å². The minimum absolute atomic E-state index is 0.0235. The van der Waals surface area contributed by atoms with Crippen LogP contribution in [0.25, 0.3) is 0 Å². The first-order chi connectivity index (χ1) is 7.86. The van der Waals surface area contributed by atoms with Gasteiger partial charge < -0.3 is 9.16 Å². The van der Waals surface area contributed by atoms with E-state index in [0.29, 0.717) is 0 Å². The molecule has 0 spiro atoms. The van der Waals surface area contributed by atoms with Crippen LogP contribution in [0.3, 0.4) is 0 Å². The molecule has 1 rings (SSSR count). The molecule has 0 fully saturated rings. The minimum Gasteiger partial charge on any atom is -0.399 e. The summed E-state index contributed by atoms with van der Waals surface area (Å²) in [6, 6.07) is 11.6. The number of rotatable bonds is 8. The first-order valence-electron chi connectivity index (χ1n) is 6.05. The van der Waals surface area contributed by atoms with Crippen molar-refractivity contribution >= 4 is 9.76 Å². The van der Waals surface area contributed by atoms with Gasteiger partial charge in [0.25, 0.3) is 0 Å². The second kappa shape index (κ2) is 8.50. The zero-order valence-electron chi connectivity index (χ0n) is 10.3. The zero-order valence-corrected chi connectivity index (χ0v) is 11.7. The van der Waals surface area contributed by atoms with Crippen molar-refractivity contribution in [1.82, 2.24) is 0 Å². The predicted octanol–water partition coefficient (Wildman–Crippen LogP) is 2.45. The normalized spacial score (nSPS) is 13.4. The Hall–Kier alpha value is -0.643. The van der Waals surface area contributed by atoms with Gasteiger partial charge in [0.1, 0.15) is 6.29 Å². The Bertz CT molecular complexity index is 264. The van der Waals surface area contributed by atoms with E-state index in [-0.39, 0.29) is 6.29 Å². The molecule has 0 aromatic heterocycles. The Morgan fingerprint density at radius 2 is 2.00 bits per heavy atom. The van der Waals surface area contributed by atoms with Crippen molar-refractivity contribution in [1.29, 1.82) is 0 Å². The van der Waals surface area contributed by atoms with Gasteiger partial charge in [-0.2, -0.15) is 0 Å². The van der Waals surface area contributed by atoms with Crippen molar-refractivity contribution in [3.8, 4) is 0 Å². The Kier molecular flexibility index (Phi) is 7.13. The molecule has 1 atom stereocenters. The second-order valence-electron chi connectivity index (χ2n) is 3.91. The number of hydrogen-bond donors (Lipinski definition) is 0. The van der Waals surface area contributed by atoms with Crippen LogP contribution in [-0.4, -0.2) is 23.2 Å². The van der Waals surface area contributed by atoms with E-state index in [9.17, 15) is 0 Å². The van der Waals surface area contributed by atoms with Gasteiger partial charge in [-0.1, -0.05) is 43.7 Å². The maximum Gasteiger partial charge on any atom is 0.169 e. The van der Waals surface area contributed by atoms with Crippen LogP contribution in [0.5, 0.6) is 0 Å². The number of ether oxygens (including phenoxy) is 1. The van der Waals surface area contributed by atoms with E-state index < -0.39 is 9.76 Å². The number of hydrogen-bond acceptors (Lipinski definition) is 2. The van der Waals surface area contributed by atoms with Gasteiger partial charge >= 0.3 is 0 Å². The second-order valence-corrected chi connectivity index (χ2v) is 5.16. The average molecular weight is 238 g/mol. The first kappa shape index (κ1) is 13.4. The molecule has 0 N–H and O–H groups in total. The maximum atomic E-state index is 5.81. The molecule has 0 saturated heterocycles. The molecule has 0 bridgehead atoms. The van der Waals surface area contributed by atoms with Crippen LogP contribution >= 0.6 is 0 Å². The molecule has 0 saturated carbocycles. The molecule has 0 heterocycles. The van der Waals surface area contributed by atoms with Crippen molar-refractivity contribution in [2.24, 2.45) is 0 Å². The topological polar surface area (TPSA) is 18.5 Å². The Morgan fingerprint density at radius 3 is 2.62 bits per heavy atom. The third-order valence-electron chi connectivity index (χ3n) is 2.59. The minimum atomic E-state index is -0.498. The molecule has 3 heteroatoms. The van der Waals surface area contributed by atoms with Gasteiger partial charge in [0, 0.05) is 7.11 Å². The lowest BCUT2D eigenvalue weighted by Gasteiger charge is -2.16. The molecule has 0 radical (unpaired) electrons. The summed E-state index contributed by atoms with van der Waals surface area (Å²) in [5.41, 5.74) is 1.37. The van der Waals surface area contributed by atoms with Crippen molar-refractivity contribution < 1.29 is 9.16 Å². The van der Waals surface area contributed by atoms with E-state index in [1.165, 1.54) is 18.4 Å². The molecule has 0 amide bonds. The van der Waals surface area contributed by atoms with Crippen molar-refractivity contribution in [2.75, 3.05) is 7.11 Å². The van der Waals surface area contributed by atoms with Gasteiger partial charge in [-0.05, 0) is 24.4 Å². The molecular weight excluding hydrogens is 216 g/mol. The quantitative estimate of drug-likeness (QED) is 0.511. The first-order valence-corrected chi connectivity index (χ1v) is 7.63. The lowest BCUT2D eigenvalue weighted by atomic mass is 10.2. The standard InChI is InChI=1S/C13H22O2Si/c1-3-4-10-13(14-2)15-16-11-12-8-6-5-7-9-12/h5-9,13H,3-4,10-11,16H2,1-2H3. The highest BCUT2D eigenvalue weighted by Crippen LogP contribution is 2.06. The number of unbranched alkanes of at least 4 members (excludes halogenated alkanes) is 1. The summed E-state index contributed by atoms with van der Waals surface area (Å²) < 4.78 is 11.1. The molecule has 2 nitrogen and oxygen atoms in total. The van der Waals surface area contributed by atoms with E-state index in [1.54, 1.807) is 7.11 Å². The SMILES string of the molecule is CCCCC(OC)O[SiH2]Cc1ccccc1. The van der Waals surface area contributed by atoms with Crippen LogP contribution in [0.4, 0.5) is 0 Å². The van der Waals surface area contributed by atoms with Gasteiger partial charge in [0.15, 0.2) is 9.76 Å². The third-order valence-corrected chi connectivity index (χ3v) is 3.98. The summed E-state index contributed by atoms with van der Waals surface area (Å²) >= 11 is 0. The maximum absolute atomic E-state index is 5.81. The molecule has 16 heavy (non-hydrogen) atoms. The van der Waals surface area contributed by atoms with E-state index in [1.807, 2.05) is 6.07 Å². The van der Waals surface area contributed by atoms with Gasteiger partial charge in [0.05, 0.1) is 0 Å². The van der Waals surface area contributed by atoms with E-state index >= 15 is 0 Å². The predicted molar refractivity (Wildman–Crippen MR) is 70.1 cm³/mol. The van der Waals surface area contributed by atoms with E-state index in [2.05, 4.69) is 31.2 Å². The van der Waals surface area contributed by atoms with Crippen LogP contribution in [0.15, 0.2) is 30.3 Å². The van der Waals surface area contributed by atoms with E-state index in [4.69, 9.17) is 9.16 Å². The molecule has 1 aromatic rings. The van der Waals surface area contributed by atoms with Crippen LogP contribution < -0.4 is 0 Å². The average Bonchev–Trinajstić information content (AvgIpc) is 2.35. The fraction of sp³-hybridized carbons (Fsp3) is 0.538. The Balaban J connectivity index is 2.18. The summed E-state index contributed by atoms with van der Waals surface area (Å²) in [6.07, 6.45) is 3.42. The zero-order chi connectivity index (χ0) is 11.6. The van der Waals surface area contributed by atoms with Crippen molar-refractivity contribution in [3.05, 3.63) is 35.9 Å². The molecule has 1 aromatic carbocycles. The highest BCUT2D eigenvalue weighted by atomic mass is 28.2. The van der Waals surface area contributed by atoms with Crippen molar-refractivity contribution in [2.45, 2.75) is 38.5 Å². The summed E-state index contributed by atoms with van der Waals surface area (Å²) in [5.74, 6) is 0. The molecule has 90 valence electrons. The fourth-order valence-electron chi connectivity index (χ4n) is 1.59. The fourth-order valence-corrected chi connectivity index (χ4v) is 2.85. The lowest BCUT2D eigenvalue weighted by Crippen LogP contribution is -2.19. The van der Waals surface area contributed by atoms with Gasteiger partial charge in [0.2, 0.25) is 0 Å². The van der Waals surface area contributed by atoms with Crippen LogP contribution in [0, 0.1) is 0 Å². The molecule has 0 aliphatic rings. The van der Waals surface area contributed by atoms with E-state index in [0.717, 1.165) is 12.5 Å². The summed E-state index contributed by atoms with van der Waals surface area (Å²) in [4.78, 5) is 0. The largest absolute Gasteiger partial charge is 0.399 e. The molecule has 0 aliphatic heterocycles. The monoisotopic (exact) mass is 238 g/mol. The third kappa shape index (κ3) is 5.44. The highest BCUT2D eigenvalue weighted by molar-refractivity contribution is 6.26.